The van der Waals surface area contributed by atoms with Crippen molar-refractivity contribution in [2.24, 2.45) is 0 Å². The van der Waals surface area contributed by atoms with Crippen LogP contribution in [0, 0.1) is 17.4 Å². The molecule has 0 saturated carbocycles. The predicted molar refractivity (Wildman–Crippen MR) is 170 cm³/mol. The monoisotopic (exact) mass is 715 g/mol. The molecule has 10 nitrogen and oxygen atoms in total. The molecule has 0 unspecified atom stereocenters. The van der Waals surface area contributed by atoms with Crippen LogP contribution in [0.25, 0.3) is 27.2 Å². The van der Waals surface area contributed by atoms with Crippen molar-refractivity contribution in [3.05, 3.63) is 106 Å². The third-order valence-corrected chi connectivity index (χ3v) is 10.3. The van der Waals surface area contributed by atoms with Gasteiger partial charge in [-0.3, -0.25) is 23.7 Å². The van der Waals surface area contributed by atoms with Crippen LogP contribution in [0.5, 0.6) is 11.6 Å². The zero-order valence-electron chi connectivity index (χ0n) is 24.0. The molecule has 1 aliphatic heterocycles. The number of aromatic hydroxyl groups is 2. The number of fused-ring (bicyclic) bond motifs is 4. The van der Waals surface area contributed by atoms with Crippen molar-refractivity contribution in [1.82, 2.24) is 4.57 Å². The highest BCUT2D eigenvalue weighted by atomic mass is 127. The topological polar surface area (TPSA) is 149 Å². The van der Waals surface area contributed by atoms with Crippen molar-refractivity contribution < 1.29 is 34.1 Å². The molecular formula is C34H22INO9. The van der Waals surface area contributed by atoms with Gasteiger partial charge in [0, 0.05) is 44.3 Å². The number of phenols is 1. The second kappa shape index (κ2) is 8.90. The Morgan fingerprint density at radius 3 is 2.38 bits per heavy atom. The molecular weight excluding hydrogens is 693 g/mol. The number of ether oxygens (including phenoxy) is 2. The van der Waals surface area contributed by atoms with E-state index in [0.29, 0.717) is 22.2 Å². The Balaban J connectivity index is 1.63. The highest BCUT2D eigenvalue weighted by Gasteiger charge is 2.67. The van der Waals surface area contributed by atoms with Crippen molar-refractivity contribution in [2.45, 2.75) is 38.2 Å². The van der Waals surface area contributed by atoms with Gasteiger partial charge in [0.2, 0.25) is 5.88 Å². The van der Waals surface area contributed by atoms with Crippen molar-refractivity contribution in [1.29, 1.82) is 0 Å². The first-order chi connectivity index (χ1) is 21.4. The number of rotatable bonds is 2. The molecule has 2 N–H and O–H groups in total. The summed E-state index contributed by atoms with van der Waals surface area (Å²) >= 11 is 2.14. The zero-order valence-corrected chi connectivity index (χ0v) is 26.1. The lowest BCUT2D eigenvalue weighted by molar-refractivity contribution is -0.150. The number of aromatic nitrogens is 1. The Kier molecular flexibility index (Phi) is 5.49. The third kappa shape index (κ3) is 3.25. The number of pyridine rings is 1. The molecule has 0 saturated heterocycles. The van der Waals surface area contributed by atoms with Gasteiger partial charge in [0.1, 0.15) is 24.0 Å². The summed E-state index contributed by atoms with van der Waals surface area (Å²) in [5.74, 6) is -4.06. The smallest absolute Gasteiger partial charge is 0.342 e. The Morgan fingerprint density at radius 2 is 1.69 bits per heavy atom. The van der Waals surface area contributed by atoms with Gasteiger partial charge in [-0.15, -0.1) is 0 Å². The minimum atomic E-state index is -1.63. The molecule has 45 heavy (non-hydrogen) atoms. The fourth-order valence-corrected chi connectivity index (χ4v) is 8.33. The summed E-state index contributed by atoms with van der Waals surface area (Å²) in [6.45, 7) is 4.07. The quantitative estimate of drug-likeness (QED) is 0.202. The summed E-state index contributed by atoms with van der Waals surface area (Å²) < 4.78 is 13.8. The van der Waals surface area contributed by atoms with E-state index < -0.39 is 58.4 Å². The van der Waals surface area contributed by atoms with Gasteiger partial charge in [-0.05, 0) is 100 Å². The number of hydrogen-bond donors (Lipinski definition) is 2. The number of hydrogen-bond acceptors (Lipinski definition) is 9. The summed E-state index contributed by atoms with van der Waals surface area (Å²) in [7, 11) is 0. The number of phenolic OH excluding ortho intramolecular Hbond substituents is 1. The molecule has 3 atom stereocenters. The molecule has 5 aromatic rings. The van der Waals surface area contributed by atoms with Gasteiger partial charge in [0.25, 0.3) is 0 Å². The minimum absolute atomic E-state index is 0.0868. The number of benzene rings is 4. The zero-order chi connectivity index (χ0) is 31.9. The average Bonchev–Trinajstić information content (AvgIpc) is 3.18. The van der Waals surface area contributed by atoms with Crippen molar-refractivity contribution in [3.63, 3.8) is 0 Å². The molecule has 8 rings (SSSR count). The Hall–Kier alpha value is -4.78. The number of nitrogens with zero attached hydrogens (tertiary/aromatic N) is 1. The lowest BCUT2D eigenvalue weighted by Gasteiger charge is -2.44. The van der Waals surface area contributed by atoms with Crippen LogP contribution in [-0.2, 0) is 19.7 Å². The fourth-order valence-electron chi connectivity index (χ4n) is 7.97. The maximum absolute atomic E-state index is 15.0. The first-order valence-electron chi connectivity index (χ1n) is 14.1. The van der Waals surface area contributed by atoms with Crippen LogP contribution >= 0.6 is 22.6 Å². The molecule has 3 aliphatic rings. The van der Waals surface area contributed by atoms with E-state index >= 15 is 0 Å². The molecule has 2 heterocycles. The van der Waals surface area contributed by atoms with E-state index in [1.807, 2.05) is 12.1 Å². The highest BCUT2D eigenvalue weighted by Crippen LogP contribution is 2.61. The van der Waals surface area contributed by atoms with Crippen LogP contribution < -0.4 is 10.9 Å². The average molecular weight is 715 g/mol. The van der Waals surface area contributed by atoms with Crippen molar-refractivity contribution in [2.75, 3.05) is 6.61 Å². The summed E-state index contributed by atoms with van der Waals surface area (Å²) in [6.07, 6.45) is 0.171. The molecule has 1 aromatic heterocycles. The van der Waals surface area contributed by atoms with Crippen molar-refractivity contribution in [3.8, 4) is 17.3 Å². The lowest BCUT2D eigenvalue weighted by Crippen LogP contribution is -2.55. The van der Waals surface area contributed by atoms with Crippen LogP contribution in [0.1, 0.15) is 61.4 Å². The largest absolute Gasteiger partial charge is 0.507 e. The number of esters is 2. The van der Waals surface area contributed by atoms with Crippen molar-refractivity contribution >= 4 is 61.9 Å². The number of aryl methyl sites for hydroxylation is 2. The predicted octanol–water partition coefficient (Wildman–Crippen LogP) is 4.26. The minimum Gasteiger partial charge on any atom is -0.507 e. The van der Waals surface area contributed by atoms with Gasteiger partial charge in [0.05, 0.1) is 16.7 Å². The van der Waals surface area contributed by atoms with Crippen LogP contribution in [0.4, 0.5) is 0 Å². The van der Waals surface area contributed by atoms with E-state index in [1.165, 1.54) is 29.8 Å². The van der Waals surface area contributed by atoms with E-state index in [-0.39, 0.29) is 49.9 Å². The van der Waals surface area contributed by atoms with Gasteiger partial charge in [-0.1, -0.05) is 0 Å². The first kappa shape index (κ1) is 27.7. The van der Waals surface area contributed by atoms with E-state index in [9.17, 15) is 34.2 Å². The molecule has 2 bridgehead atoms. The summed E-state index contributed by atoms with van der Waals surface area (Å²) in [4.78, 5) is 68.9. The molecule has 11 heteroatoms. The SMILES string of the molecule is CC(=O)O[C@H]1[C@@H]2C(=O)c3c(C)cc(O)c4c3[C@@]1(COC4=O)c1c2c2c(C)cc(=O)c3c(O)n(-c4ccc(I)cc4)cc(c1=O)c23. The van der Waals surface area contributed by atoms with E-state index in [0.717, 1.165) is 3.57 Å². The summed E-state index contributed by atoms with van der Waals surface area (Å²) in [5, 5.41) is 23.1. The van der Waals surface area contributed by atoms with E-state index in [4.69, 9.17) is 9.47 Å². The summed E-state index contributed by atoms with van der Waals surface area (Å²) in [6, 6.07) is 9.77. The molecule has 0 radical (unpaired) electrons. The molecule has 0 fully saturated rings. The van der Waals surface area contributed by atoms with Gasteiger partial charge in [0.15, 0.2) is 16.6 Å². The molecule has 2 aliphatic carbocycles. The second-order valence-corrected chi connectivity index (χ2v) is 13.1. The number of halogens is 1. The maximum Gasteiger partial charge on any atom is 0.342 e. The number of ketones is 1. The first-order valence-corrected chi connectivity index (χ1v) is 15.2. The molecule has 0 amide bonds. The summed E-state index contributed by atoms with van der Waals surface area (Å²) in [5.41, 5.74) is -1.01. The fraction of sp³-hybridized carbons (Fsp3) is 0.206. The molecule has 4 aromatic carbocycles. The normalized spacial score (nSPS) is 21.2. The maximum atomic E-state index is 15.0. The van der Waals surface area contributed by atoms with Gasteiger partial charge >= 0.3 is 11.9 Å². The van der Waals surface area contributed by atoms with Gasteiger partial charge in [-0.2, -0.15) is 0 Å². The number of carbonyl (C=O) groups is 3. The number of carbonyl (C=O) groups excluding carboxylic acids is 3. The standard InChI is InChI=1S/C34H22INO9/c1-12-8-18(38)23-22-17(10-36(32(23)42)16-6-4-15(35)5-7-16)29(40)28-25(20(12)22)26-30(41)21-13(2)9-19(39)24-27(21)34(28,11-44-33(24)43)31(26)45-14(3)37/h4-10,26,31,39,42H,11H2,1-3H3/t26-,31-,34-/m0/s1. The number of Topliss-reactive ketones (excluding diaryl/α,β-unsaturated/α-hetero) is 1. The second-order valence-electron chi connectivity index (χ2n) is 11.9. The molecule has 224 valence electrons. The van der Waals surface area contributed by atoms with Crippen LogP contribution in [0.2, 0.25) is 0 Å². The number of cyclic esters (lactones) is 1. The Bertz CT molecular complexity index is 2380. The molecule has 1 spiro atoms. The Labute approximate surface area is 267 Å². The highest BCUT2D eigenvalue weighted by molar-refractivity contribution is 14.1. The Morgan fingerprint density at radius 1 is 0.978 bits per heavy atom. The van der Waals surface area contributed by atoms with E-state index in [2.05, 4.69) is 22.6 Å². The van der Waals surface area contributed by atoms with Crippen LogP contribution in [0.15, 0.2) is 52.2 Å². The van der Waals surface area contributed by atoms with Crippen LogP contribution in [0.3, 0.4) is 0 Å². The van der Waals surface area contributed by atoms with Crippen LogP contribution in [-0.4, -0.2) is 45.2 Å². The third-order valence-electron chi connectivity index (χ3n) is 9.54. The lowest BCUT2D eigenvalue weighted by atomic mass is 9.63. The van der Waals surface area contributed by atoms with E-state index in [1.54, 1.807) is 26.0 Å². The van der Waals surface area contributed by atoms with Gasteiger partial charge in [-0.25, -0.2) is 4.79 Å². The van der Waals surface area contributed by atoms with Gasteiger partial charge < -0.3 is 19.7 Å².